The Morgan fingerprint density at radius 3 is 2.58 bits per heavy atom. The van der Waals surface area contributed by atoms with Crippen molar-refractivity contribution in [3.63, 3.8) is 0 Å². The van der Waals surface area contributed by atoms with Gasteiger partial charge in [0.15, 0.2) is 11.8 Å². The highest BCUT2D eigenvalue weighted by atomic mass is 35.5. The summed E-state index contributed by atoms with van der Waals surface area (Å²) in [5, 5.41) is 7.52. The molecule has 0 aliphatic heterocycles. The van der Waals surface area contributed by atoms with Crippen molar-refractivity contribution >= 4 is 50.8 Å². The van der Waals surface area contributed by atoms with Crippen LogP contribution in [0.1, 0.15) is 17.4 Å². The fraction of sp³-hybridized carbons (Fsp3) is 0.133. The minimum absolute atomic E-state index is 0.0212. The summed E-state index contributed by atoms with van der Waals surface area (Å²) in [7, 11) is -3.92. The number of carbonyl (C=O) groups is 2. The Balaban J connectivity index is 2.08. The van der Waals surface area contributed by atoms with E-state index < -0.39 is 28.0 Å². The Hall–Kier alpha value is -2.20. The maximum absolute atomic E-state index is 12.1. The lowest BCUT2D eigenvalue weighted by atomic mass is 10.3. The summed E-state index contributed by atoms with van der Waals surface area (Å²) in [4.78, 5) is 27.8. The minimum Gasteiger partial charge on any atom is -0.448 e. The van der Waals surface area contributed by atoms with Crippen LogP contribution in [0.4, 0.5) is 5.69 Å². The Morgan fingerprint density at radius 1 is 1.23 bits per heavy atom. The maximum Gasteiger partial charge on any atom is 0.359 e. The Labute approximate surface area is 159 Å². The molecule has 1 amide bonds. The third-order valence-electron chi connectivity index (χ3n) is 3.09. The van der Waals surface area contributed by atoms with Gasteiger partial charge in [-0.1, -0.05) is 29.3 Å². The van der Waals surface area contributed by atoms with Crippen LogP contribution in [0.25, 0.3) is 0 Å². The van der Waals surface area contributed by atoms with Crippen molar-refractivity contribution in [1.29, 1.82) is 0 Å². The molecule has 1 heterocycles. The maximum atomic E-state index is 12.1. The van der Waals surface area contributed by atoms with E-state index in [-0.39, 0.29) is 26.5 Å². The number of nitrogens with two attached hydrogens (primary N) is 1. The van der Waals surface area contributed by atoms with Crippen LogP contribution in [-0.4, -0.2) is 31.4 Å². The van der Waals surface area contributed by atoms with E-state index in [0.717, 1.165) is 0 Å². The first-order valence-electron chi connectivity index (χ1n) is 7.04. The molecule has 0 bridgehead atoms. The van der Waals surface area contributed by atoms with Crippen LogP contribution in [-0.2, 0) is 19.6 Å². The van der Waals surface area contributed by atoms with Crippen molar-refractivity contribution in [2.45, 2.75) is 17.9 Å². The fourth-order valence-corrected chi connectivity index (χ4v) is 2.72. The predicted octanol–water partition coefficient (Wildman–Crippen LogP) is 2.22. The van der Waals surface area contributed by atoms with Crippen LogP contribution in [0.5, 0.6) is 0 Å². The van der Waals surface area contributed by atoms with Crippen molar-refractivity contribution in [3.8, 4) is 0 Å². The monoisotopic (exact) mass is 417 g/mol. The molecule has 1 aromatic heterocycles. The molecule has 8 nitrogen and oxygen atoms in total. The second kappa shape index (κ2) is 8.00. The molecule has 3 N–H and O–H groups in total. The van der Waals surface area contributed by atoms with Crippen LogP contribution >= 0.6 is 23.2 Å². The van der Waals surface area contributed by atoms with Crippen molar-refractivity contribution in [3.05, 3.63) is 52.3 Å². The van der Waals surface area contributed by atoms with Gasteiger partial charge in [-0.3, -0.25) is 4.79 Å². The number of primary sulfonamides is 1. The molecular formula is C15H13Cl2N3O5S. The van der Waals surface area contributed by atoms with Gasteiger partial charge in [0, 0.05) is 5.69 Å². The lowest BCUT2D eigenvalue weighted by molar-refractivity contribution is -0.123. The van der Waals surface area contributed by atoms with Crippen LogP contribution in [0.2, 0.25) is 10.2 Å². The molecule has 26 heavy (non-hydrogen) atoms. The molecule has 0 spiro atoms. The highest BCUT2D eigenvalue weighted by Gasteiger charge is 2.22. The van der Waals surface area contributed by atoms with E-state index in [2.05, 4.69) is 10.3 Å². The summed E-state index contributed by atoms with van der Waals surface area (Å²) < 4.78 is 27.7. The van der Waals surface area contributed by atoms with E-state index >= 15 is 0 Å². The summed E-state index contributed by atoms with van der Waals surface area (Å²) in [5.74, 6) is -1.62. The number of benzene rings is 1. The van der Waals surface area contributed by atoms with Crippen LogP contribution in [0.3, 0.4) is 0 Å². The number of hydrogen-bond acceptors (Lipinski definition) is 6. The molecule has 0 fully saturated rings. The number of esters is 1. The second-order valence-electron chi connectivity index (χ2n) is 5.07. The van der Waals surface area contributed by atoms with E-state index in [1.54, 1.807) is 0 Å². The van der Waals surface area contributed by atoms with Crippen molar-refractivity contribution < 1.29 is 22.7 Å². The first kappa shape index (κ1) is 20.1. The van der Waals surface area contributed by atoms with Gasteiger partial charge in [-0.05, 0) is 37.3 Å². The van der Waals surface area contributed by atoms with E-state index in [4.69, 9.17) is 33.1 Å². The summed E-state index contributed by atoms with van der Waals surface area (Å²) in [5.41, 5.74) is -0.0571. The molecule has 1 aromatic carbocycles. The third kappa shape index (κ3) is 5.15. The number of carbonyl (C=O) groups excluding carboxylic acids is 2. The molecule has 138 valence electrons. The van der Waals surface area contributed by atoms with Gasteiger partial charge >= 0.3 is 5.97 Å². The van der Waals surface area contributed by atoms with E-state index in [0.29, 0.717) is 0 Å². The molecule has 0 saturated heterocycles. The van der Waals surface area contributed by atoms with Crippen LogP contribution < -0.4 is 10.5 Å². The number of hydrogen-bond donors (Lipinski definition) is 2. The zero-order valence-electron chi connectivity index (χ0n) is 13.3. The molecule has 2 rings (SSSR count). The molecule has 1 atom stereocenters. The Kier molecular flexibility index (Phi) is 6.19. The van der Waals surface area contributed by atoms with E-state index in [1.807, 2.05) is 0 Å². The van der Waals surface area contributed by atoms with Gasteiger partial charge in [0.2, 0.25) is 10.0 Å². The highest BCUT2D eigenvalue weighted by Crippen LogP contribution is 2.19. The Morgan fingerprint density at radius 2 is 1.92 bits per heavy atom. The number of rotatable bonds is 5. The van der Waals surface area contributed by atoms with Crippen molar-refractivity contribution in [2.24, 2.45) is 5.14 Å². The number of sulfonamides is 1. The van der Waals surface area contributed by atoms with E-state index in [1.165, 1.54) is 43.3 Å². The highest BCUT2D eigenvalue weighted by molar-refractivity contribution is 7.89. The Bertz CT molecular complexity index is 966. The summed E-state index contributed by atoms with van der Waals surface area (Å²) in [6.45, 7) is 1.33. The van der Waals surface area contributed by atoms with Gasteiger partial charge < -0.3 is 10.1 Å². The average Bonchev–Trinajstić information content (AvgIpc) is 2.56. The fourth-order valence-electron chi connectivity index (χ4n) is 1.83. The zero-order chi connectivity index (χ0) is 19.5. The van der Waals surface area contributed by atoms with Crippen LogP contribution in [0, 0.1) is 0 Å². The first-order valence-corrected chi connectivity index (χ1v) is 9.35. The molecule has 0 aliphatic rings. The number of ether oxygens (including phenoxy) is 1. The van der Waals surface area contributed by atoms with E-state index in [9.17, 15) is 18.0 Å². The lowest BCUT2D eigenvalue weighted by Crippen LogP contribution is -2.30. The summed E-state index contributed by atoms with van der Waals surface area (Å²) in [6, 6.07) is 8.09. The van der Waals surface area contributed by atoms with Gasteiger partial charge in [0.1, 0.15) is 5.15 Å². The SMILES string of the molecule is CC(OC(=O)c1nc(Cl)ccc1Cl)C(=O)Nc1cccc(S(N)(=O)=O)c1. The minimum atomic E-state index is -3.92. The number of amides is 1. The summed E-state index contributed by atoms with van der Waals surface area (Å²) in [6.07, 6.45) is -1.21. The molecule has 0 saturated carbocycles. The van der Waals surface area contributed by atoms with Crippen molar-refractivity contribution in [1.82, 2.24) is 4.98 Å². The standard InChI is InChI=1S/C15H13Cl2N3O5S/c1-8(25-15(22)13-11(16)5-6-12(17)20-13)14(21)19-9-3-2-4-10(7-9)26(18,23)24/h2-8H,1H3,(H,19,21)(H2,18,23,24). The number of anilines is 1. The van der Waals surface area contributed by atoms with Gasteiger partial charge in [-0.2, -0.15) is 0 Å². The molecule has 0 radical (unpaired) electrons. The van der Waals surface area contributed by atoms with Crippen LogP contribution in [0.15, 0.2) is 41.3 Å². The first-order chi connectivity index (χ1) is 12.1. The average molecular weight is 418 g/mol. The van der Waals surface area contributed by atoms with Gasteiger partial charge in [-0.15, -0.1) is 0 Å². The van der Waals surface area contributed by atoms with Gasteiger partial charge in [-0.25, -0.2) is 23.3 Å². The zero-order valence-corrected chi connectivity index (χ0v) is 15.6. The van der Waals surface area contributed by atoms with Gasteiger partial charge in [0.25, 0.3) is 5.91 Å². The topological polar surface area (TPSA) is 128 Å². The third-order valence-corrected chi connectivity index (χ3v) is 4.52. The van der Waals surface area contributed by atoms with Gasteiger partial charge in [0.05, 0.1) is 9.92 Å². The molecule has 2 aromatic rings. The lowest BCUT2D eigenvalue weighted by Gasteiger charge is -2.14. The normalized spacial score (nSPS) is 12.3. The molecule has 11 heteroatoms. The molecule has 1 unspecified atom stereocenters. The number of pyridine rings is 1. The predicted molar refractivity (Wildman–Crippen MR) is 95.6 cm³/mol. The quantitative estimate of drug-likeness (QED) is 0.566. The smallest absolute Gasteiger partial charge is 0.359 e. The molecular weight excluding hydrogens is 405 g/mol. The largest absolute Gasteiger partial charge is 0.448 e. The number of nitrogens with zero attached hydrogens (tertiary/aromatic N) is 1. The number of aromatic nitrogens is 1. The number of nitrogens with one attached hydrogen (secondary N) is 1. The number of halogens is 2. The second-order valence-corrected chi connectivity index (χ2v) is 7.43. The molecule has 0 aliphatic carbocycles. The van der Waals surface area contributed by atoms with Crippen molar-refractivity contribution in [2.75, 3.05) is 5.32 Å². The summed E-state index contributed by atoms with van der Waals surface area (Å²) >= 11 is 11.6.